The fourth-order valence-corrected chi connectivity index (χ4v) is 3.29. The summed E-state index contributed by atoms with van der Waals surface area (Å²) in [5.41, 5.74) is 0.499. The normalized spacial score (nSPS) is 22.1. The number of urea groups is 1. The number of nitrogens with zero attached hydrogens (tertiary/aromatic N) is 2. The highest BCUT2D eigenvalue weighted by Gasteiger charge is 2.31. The highest BCUT2D eigenvalue weighted by molar-refractivity contribution is 5.91. The molecule has 2 aliphatic heterocycles. The van der Waals surface area contributed by atoms with Gasteiger partial charge in [0.1, 0.15) is 11.6 Å². The van der Waals surface area contributed by atoms with Gasteiger partial charge in [0.25, 0.3) is 0 Å². The fourth-order valence-electron chi connectivity index (χ4n) is 3.29. The van der Waals surface area contributed by atoms with E-state index in [9.17, 15) is 9.18 Å². The summed E-state index contributed by atoms with van der Waals surface area (Å²) < 4.78 is 18.3. The molecule has 0 aliphatic carbocycles. The van der Waals surface area contributed by atoms with Crippen molar-refractivity contribution < 1.29 is 13.9 Å². The van der Waals surface area contributed by atoms with Crippen LogP contribution in [-0.2, 0) is 0 Å². The third-order valence-corrected chi connectivity index (χ3v) is 4.51. The van der Waals surface area contributed by atoms with Crippen LogP contribution in [0, 0.1) is 5.82 Å². The maximum absolute atomic E-state index is 13.2. The molecule has 0 spiro atoms. The van der Waals surface area contributed by atoms with Crippen molar-refractivity contribution in [2.75, 3.05) is 38.6 Å². The number of carbonyl (C=O) groups excluding carboxylic acids is 1. The summed E-state index contributed by atoms with van der Waals surface area (Å²) in [5, 5.41) is 2.82. The van der Waals surface area contributed by atoms with Crippen LogP contribution in [0.25, 0.3) is 0 Å². The van der Waals surface area contributed by atoms with Gasteiger partial charge in [0.05, 0.1) is 12.8 Å². The molecule has 0 saturated carbocycles. The molecular weight excluding hydrogens is 285 g/mol. The average Bonchev–Trinajstić information content (AvgIpc) is 3.19. The monoisotopic (exact) mass is 307 g/mol. The van der Waals surface area contributed by atoms with Crippen LogP contribution in [0.2, 0.25) is 0 Å². The van der Waals surface area contributed by atoms with Crippen molar-refractivity contribution in [2.45, 2.75) is 25.3 Å². The Bertz CT molecular complexity index is 546. The van der Waals surface area contributed by atoms with E-state index in [1.807, 2.05) is 4.90 Å². The third-order valence-electron chi connectivity index (χ3n) is 4.51. The zero-order chi connectivity index (χ0) is 15.5. The molecule has 0 radical (unpaired) electrons. The van der Waals surface area contributed by atoms with Gasteiger partial charge in [0.15, 0.2) is 0 Å². The van der Waals surface area contributed by atoms with E-state index in [0.29, 0.717) is 17.5 Å². The molecule has 22 heavy (non-hydrogen) atoms. The van der Waals surface area contributed by atoms with Crippen molar-refractivity contribution in [3.63, 3.8) is 0 Å². The van der Waals surface area contributed by atoms with Crippen molar-refractivity contribution in [2.24, 2.45) is 0 Å². The SMILES string of the molecule is COc1cc(F)ccc1NC(=O)N1CCC(N2CCCC2)C1. The molecule has 1 aromatic rings. The van der Waals surface area contributed by atoms with Crippen LogP contribution < -0.4 is 10.1 Å². The number of carbonyl (C=O) groups is 1. The van der Waals surface area contributed by atoms with E-state index in [0.717, 1.165) is 32.6 Å². The topological polar surface area (TPSA) is 44.8 Å². The Morgan fingerprint density at radius 3 is 2.82 bits per heavy atom. The summed E-state index contributed by atoms with van der Waals surface area (Å²) in [4.78, 5) is 16.7. The Balaban J connectivity index is 1.60. The van der Waals surface area contributed by atoms with Crippen LogP contribution in [-0.4, -0.2) is 55.2 Å². The number of anilines is 1. The van der Waals surface area contributed by atoms with Crippen LogP contribution in [0.5, 0.6) is 5.75 Å². The van der Waals surface area contributed by atoms with E-state index in [-0.39, 0.29) is 11.8 Å². The molecule has 2 amide bonds. The second-order valence-corrected chi connectivity index (χ2v) is 5.91. The Labute approximate surface area is 130 Å². The van der Waals surface area contributed by atoms with E-state index in [1.54, 1.807) is 0 Å². The molecule has 0 bridgehead atoms. The van der Waals surface area contributed by atoms with Crippen LogP contribution >= 0.6 is 0 Å². The van der Waals surface area contributed by atoms with E-state index in [2.05, 4.69) is 10.2 Å². The summed E-state index contributed by atoms with van der Waals surface area (Å²) in [6.07, 6.45) is 3.54. The molecule has 2 fully saturated rings. The Morgan fingerprint density at radius 2 is 2.09 bits per heavy atom. The molecule has 2 aliphatic rings. The van der Waals surface area contributed by atoms with Crippen molar-refractivity contribution >= 4 is 11.7 Å². The molecule has 6 heteroatoms. The number of ether oxygens (including phenoxy) is 1. The highest BCUT2D eigenvalue weighted by atomic mass is 19.1. The minimum absolute atomic E-state index is 0.147. The minimum Gasteiger partial charge on any atom is -0.494 e. The predicted octanol–water partition coefficient (Wildman–Crippen LogP) is 2.54. The van der Waals surface area contributed by atoms with Gasteiger partial charge in [-0.25, -0.2) is 9.18 Å². The number of halogens is 1. The van der Waals surface area contributed by atoms with Crippen molar-refractivity contribution in [3.05, 3.63) is 24.0 Å². The first kappa shape index (κ1) is 15.1. The molecule has 2 heterocycles. The van der Waals surface area contributed by atoms with Crippen LogP contribution in [0.3, 0.4) is 0 Å². The largest absolute Gasteiger partial charge is 0.494 e. The van der Waals surface area contributed by atoms with Crippen LogP contribution in [0.4, 0.5) is 14.9 Å². The summed E-state index contributed by atoms with van der Waals surface area (Å²) in [7, 11) is 1.46. The smallest absolute Gasteiger partial charge is 0.322 e. The second kappa shape index (κ2) is 6.52. The first-order valence-corrected chi connectivity index (χ1v) is 7.81. The Kier molecular flexibility index (Phi) is 4.47. The number of hydrogen-bond donors (Lipinski definition) is 1. The van der Waals surface area contributed by atoms with Crippen molar-refractivity contribution in [3.8, 4) is 5.75 Å². The van der Waals surface area contributed by atoms with Crippen molar-refractivity contribution in [1.29, 1.82) is 0 Å². The Hall–Kier alpha value is -1.82. The molecular formula is C16H22FN3O2. The number of rotatable bonds is 3. The van der Waals surface area contributed by atoms with Gasteiger partial charge in [-0.3, -0.25) is 4.90 Å². The predicted molar refractivity (Wildman–Crippen MR) is 82.8 cm³/mol. The maximum Gasteiger partial charge on any atom is 0.322 e. The number of methoxy groups -OCH3 is 1. The van der Waals surface area contributed by atoms with Gasteiger partial charge in [-0.15, -0.1) is 0 Å². The fraction of sp³-hybridized carbons (Fsp3) is 0.562. The lowest BCUT2D eigenvalue weighted by atomic mass is 10.2. The molecule has 3 rings (SSSR count). The summed E-state index contributed by atoms with van der Waals surface area (Å²) in [5.74, 6) is -0.0474. The number of amides is 2. The second-order valence-electron chi connectivity index (χ2n) is 5.91. The first-order chi connectivity index (χ1) is 10.7. The van der Waals surface area contributed by atoms with E-state index < -0.39 is 0 Å². The van der Waals surface area contributed by atoms with Gasteiger partial charge in [0.2, 0.25) is 0 Å². The standard InChI is InChI=1S/C16H22FN3O2/c1-22-15-10-12(17)4-5-14(15)18-16(21)20-9-6-13(11-20)19-7-2-3-8-19/h4-5,10,13H,2-3,6-9,11H2,1H3,(H,18,21). The molecule has 2 saturated heterocycles. The number of nitrogens with one attached hydrogen (secondary N) is 1. The molecule has 1 N–H and O–H groups in total. The van der Waals surface area contributed by atoms with E-state index >= 15 is 0 Å². The van der Waals surface area contributed by atoms with Crippen LogP contribution in [0.15, 0.2) is 18.2 Å². The molecule has 0 aromatic heterocycles. The first-order valence-electron chi connectivity index (χ1n) is 7.81. The number of benzene rings is 1. The Morgan fingerprint density at radius 1 is 1.32 bits per heavy atom. The van der Waals surface area contributed by atoms with Crippen molar-refractivity contribution in [1.82, 2.24) is 9.80 Å². The molecule has 1 unspecified atom stereocenters. The molecule has 120 valence electrons. The lowest BCUT2D eigenvalue weighted by Gasteiger charge is -2.24. The molecule has 1 atom stereocenters. The molecule has 1 aromatic carbocycles. The minimum atomic E-state index is -0.384. The summed E-state index contributed by atoms with van der Waals surface area (Å²) in [6, 6.07) is 4.44. The summed E-state index contributed by atoms with van der Waals surface area (Å²) >= 11 is 0. The van der Waals surface area contributed by atoms with Gasteiger partial charge < -0.3 is 15.0 Å². The number of likely N-dealkylation sites (tertiary alicyclic amines) is 2. The van der Waals surface area contributed by atoms with Gasteiger partial charge in [-0.05, 0) is 44.5 Å². The van der Waals surface area contributed by atoms with Crippen LogP contribution in [0.1, 0.15) is 19.3 Å². The van der Waals surface area contributed by atoms with E-state index in [4.69, 9.17) is 4.74 Å². The van der Waals surface area contributed by atoms with Gasteiger partial charge in [-0.2, -0.15) is 0 Å². The zero-order valence-corrected chi connectivity index (χ0v) is 12.8. The summed E-state index contributed by atoms with van der Waals surface area (Å²) in [6.45, 7) is 3.81. The third kappa shape index (κ3) is 3.16. The number of hydrogen-bond acceptors (Lipinski definition) is 3. The molecule has 5 nitrogen and oxygen atoms in total. The lowest BCUT2D eigenvalue weighted by Crippen LogP contribution is -2.38. The van der Waals surface area contributed by atoms with Gasteiger partial charge in [-0.1, -0.05) is 0 Å². The van der Waals surface area contributed by atoms with Gasteiger partial charge >= 0.3 is 6.03 Å². The average molecular weight is 307 g/mol. The lowest BCUT2D eigenvalue weighted by molar-refractivity contribution is 0.210. The van der Waals surface area contributed by atoms with Gasteiger partial charge in [0, 0.05) is 25.2 Å². The zero-order valence-electron chi connectivity index (χ0n) is 12.8. The quantitative estimate of drug-likeness (QED) is 0.933. The maximum atomic E-state index is 13.2. The highest BCUT2D eigenvalue weighted by Crippen LogP contribution is 2.26. The van der Waals surface area contributed by atoms with E-state index in [1.165, 1.54) is 38.2 Å².